The lowest BCUT2D eigenvalue weighted by molar-refractivity contribution is 0.268. The number of ether oxygens (including phenoxy) is 2. The summed E-state index contributed by atoms with van der Waals surface area (Å²) >= 11 is 0. The number of para-hydroxylation sites is 1. The number of anilines is 1. The van der Waals surface area contributed by atoms with Crippen LogP contribution in [-0.4, -0.2) is 40.3 Å². The van der Waals surface area contributed by atoms with Crippen molar-refractivity contribution in [1.29, 1.82) is 0 Å². The first kappa shape index (κ1) is 19.1. The third-order valence-electron chi connectivity index (χ3n) is 5.52. The number of rotatable bonds is 5. The van der Waals surface area contributed by atoms with E-state index in [0.29, 0.717) is 22.6 Å². The van der Waals surface area contributed by atoms with Crippen molar-refractivity contribution in [2.24, 2.45) is 0 Å². The summed E-state index contributed by atoms with van der Waals surface area (Å²) in [5, 5.41) is 10.6. The molecule has 4 aromatic rings. The third kappa shape index (κ3) is 3.94. The van der Waals surface area contributed by atoms with Crippen LogP contribution in [0.4, 0.5) is 5.69 Å². The maximum absolute atomic E-state index is 10.1. The Labute approximate surface area is 179 Å². The van der Waals surface area contributed by atoms with Gasteiger partial charge in [-0.25, -0.2) is 0 Å². The maximum Gasteiger partial charge on any atom is 0.325 e. The minimum Gasteiger partial charge on any atom is -0.493 e. The van der Waals surface area contributed by atoms with Gasteiger partial charge < -0.3 is 19.5 Å². The Kier molecular flexibility index (Phi) is 5.00. The zero-order chi connectivity index (χ0) is 21.2. The van der Waals surface area contributed by atoms with Crippen LogP contribution in [0.5, 0.6) is 23.4 Å². The predicted molar refractivity (Wildman–Crippen MR) is 118 cm³/mol. The topological polar surface area (TPSA) is 80.6 Å². The van der Waals surface area contributed by atoms with Gasteiger partial charge in [-0.1, -0.05) is 18.2 Å². The molecular formula is C24H22N4O3. The van der Waals surface area contributed by atoms with Gasteiger partial charge in [0.2, 0.25) is 5.88 Å². The summed E-state index contributed by atoms with van der Waals surface area (Å²) in [4.78, 5) is 14.6. The molecule has 1 atom stereocenters. The van der Waals surface area contributed by atoms with Crippen molar-refractivity contribution in [2.75, 3.05) is 25.1 Å². The highest BCUT2D eigenvalue weighted by Crippen LogP contribution is 2.35. The monoisotopic (exact) mass is 414 g/mol. The number of pyridine rings is 1. The SMILES string of the molecule is CN(CC1CCOc2ccccc21)c1ccc(Oc2nc(O)c3ccncc3n2)cc1. The van der Waals surface area contributed by atoms with Gasteiger partial charge in [0.25, 0.3) is 0 Å². The van der Waals surface area contributed by atoms with E-state index in [2.05, 4.69) is 39.0 Å². The van der Waals surface area contributed by atoms with E-state index in [9.17, 15) is 5.11 Å². The first-order valence-electron chi connectivity index (χ1n) is 10.2. The Bertz CT molecular complexity index is 1210. The first-order valence-corrected chi connectivity index (χ1v) is 10.2. The van der Waals surface area contributed by atoms with Crippen LogP contribution < -0.4 is 14.4 Å². The summed E-state index contributed by atoms with van der Waals surface area (Å²) in [5.41, 5.74) is 2.88. The van der Waals surface area contributed by atoms with Gasteiger partial charge in [0.1, 0.15) is 11.5 Å². The van der Waals surface area contributed by atoms with E-state index in [4.69, 9.17) is 9.47 Å². The van der Waals surface area contributed by atoms with Crippen LogP contribution in [0.1, 0.15) is 17.9 Å². The van der Waals surface area contributed by atoms with Gasteiger partial charge in [-0.05, 0) is 48.4 Å². The first-order chi connectivity index (χ1) is 15.2. The van der Waals surface area contributed by atoms with E-state index in [1.54, 1.807) is 18.5 Å². The van der Waals surface area contributed by atoms with Crippen molar-refractivity contribution < 1.29 is 14.6 Å². The van der Waals surface area contributed by atoms with Crippen LogP contribution in [0.2, 0.25) is 0 Å². The van der Waals surface area contributed by atoms with E-state index in [-0.39, 0.29) is 11.9 Å². The van der Waals surface area contributed by atoms with Crippen LogP contribution in [-0.2, 0) is 0 Å². The quantitative estimate of drug-likeness (QED) is 0.514. The molecule has 31 heavy (non-hydrogen) atoms. The fraction of sp³-hybridized carbons (Fsp3) is 0.208. The Hall–Kier alpha value is -3.87. The molecular weight excluding hydrogens is 392 g/mol. The molecule has 0 fully saturated rings. The molecule has 7 nitrogen and oxygen atoms in total. The number of benzene rings is 2. The molecule has 0 spiro atoms. The number of likely N-dealkylation sites (N-methyl/N-ethyl adjacent to an activating group) is 1. The lowest BCUT2D eigenvalue weighted by Gasteiger charge is -2.30. The standard InChI is InChI=1S/C24H22N4O3/c1-28(15-16-11-13-30-22-5-3-2-4-19(16)22)17-6-8-18(9-7-17)31-24-26-21-14-25-12-10-20(21)23(29)27-24/h2-10,12,14,16H,11,13,15H2,1H3,(H,26,27,29). The molecule has 3 heterocycles. The Balaban J connectivity index is 1.29. The van der Waals surface area contributed by atoms with E-state index in [1.807, 2.05) is 36.4 Å². The van der Waals surface area contributed by atoms with Gasteiger partial charge in [0.05, 0.1) is 23.7 Å². The van der Waals surface area contributed by atoms with Gasteiger partial charge in [-0.15, -0.1) is 0 Å². The fourth-order valence-corrected chi connectivity index (χ4v) is 3.90. The Morgan fingerprint density at radius 2 is 1.94 bits per heavy atom. The summed E-state index contributed by atoms with van der Waals surface area (Å²) < 4.78 is 11.5. The number of nitrogens with zero attached hydrogens (tertiary/aromatic N) is 4. The van der Waals surface area contributed by atoms with Crippen LogP contribution in [0.25, 0.3) is 10.9 Å². The maximum atomic E-state index is 10.1. The van der Waals surface area contributed by atoms with Crippen molar-refractivity contribution in [2.45, 2.75) is 12.3 Å². The third-order valence-corrected chi connectivity index (χ3v) is 5.52. The summed E-state index contributed by atoms with van der Waals surface area (Å²) in [5.74, 6) is 1.88. The van der Waals surface area contributed by atoms with Crippen molar-refractivity contribution in [3.63, 3.8) is 0 Å². The molecule has 0 aliphatic carbocycles. The van der Waals surface area contributed by atoms with Gasteiger partial charge in [-0.3, -0.25) is 4.98 Å². The predicted octanol–water partition coefficient (Wildman–Crippen LogP) is 4.53. The molecule has 1 aliphatic rings. The van der Waals surface area contributed by atoms with E-state index in [0.717, 1.165) is 31.0 Å². The van der Waals surface area contributed by atoms with Crippen LogP contribution in [0.3, 0.4) is 0 Å². The zero-order valence-corrected chi connectivity index (χ0v) is 17.1. The molecule has 0 saturated carbocycles. The average molecular weight is 414 g/mol. The molecule has 1 unspecified atom stereocenters. The number of fused-ring (bicyclic) bond motifs is 2. The second-order valence-corrected chi connectivity index (χ2v) is 7.57. The highest BCUT2D eigenvalue weighted by atomic mass is 16.5. The van der Waals surface area contributed by atoms with E-state index < -0.39 is 0 Å². The number of hydrogen-bond acceptors (Lipinski definition) is 7. The Morgan fingerprint density at radius 1 is 1.10 bits per heavy atom. The van der Waals surface area contributed by atoms with Crippen LogP contribution in [0, 0.1) is 0 Å². The molecule has 156 valence electrons. The molecule has 5 rings (SSSR count). The average Bonchev–Trinajstić information content (AvgIpc) is 2.80. The van der Waals surface area contributed by atoms with E-state index >= 15 is 0 Å². The minimum atomic E-state index is -0.129. The minimum absolute atomic E-state index is 0.0814. The molecule has 0 amide bonds. The molecule has 2 aromatic carbocycles. The second kappa shape index (κ2) is 8.10. The fourth-order valence-electron chi connectivity index (χ4n) is 3.90. The molecule has 1 aliphatic heterocycles. The molecule has 0 radical (unpaired) electrons. The summed E-state index contributed by atoms with van der Waals surface area (Å²) in [6.45, 7) is 1.64. The highest BCUT2D eigenvalue weighted by molar-refractivity contribution is 5.82. The van der Waals surface area contributed by atoms with Crippen molar-refractivity contribution in [3.05, 3.63) is 72.6 Å². The number of aromatic hydroxyl groups is 1. The summed E-state index contributed by atoms with van der Waals surface area (Å²) in [7, 11) is 2.09. The molecule has 0 saturated heterocycles. The van der Waals surface area contributed by atoms with Crippen LogP contribution in [0.15, 0.2) is 67.0 Å². The molecule has 7 heteroatoms. The number of aromatic nitrogens is 3. The largest absolute Gasteiger partial charge is 0.493 e. The molecule has 0 bridgehead atoms. The normalized spacial score (nSPS) is 15.2. The highest BCUT2D eigenvalue weighted by Gasteiger charge is 2.22. The lowest BCUT2D eigenvalue weighted by atomic mass is 9.92. The van der Waals surface area contributed by atoms with Crippen molar-refractivity contribution in [1.82, 2.24) is 15.0 Å². The molecule has 1 N–H and O–H groups in total. The Morgan fingerprint density at radius 3 is 2.81 bits per heavy atom. The lowest BCUT2D eigenvalue weighted by Crippen LogP contribution is -2.27. The van der Waals surface area contributed by atoms with E-state index in [1.165, 1.54) is 5.56 Å². The van der Waals surface area contributed by atoms with Crippen molar-refractivity contribution >= 4 is 16.6 Å². The van der Waals surface area contributed by atoms with Gasteiger partial charge in [0, 0.05) is 31.4 Å². The van der Waals surface area contributed by atoms with Gasteiger partial charge in [0.15, 0.2) is 0 Å². The molecule has 2 aromatic heterocycles. The summed E-state index contributed by atoms with van der Waals surface area (Å²) in [6, 6.07) is 17.8. The smallest absolute Gasteiger partial charge is 0.325 e. The van der Waals surface area contributed by atoms with Gasteiger partial charge >= 0.3 is 6.01 Å². The zero-order valence-electron chi connectivity index (χ0n) is 17.1. The second-order valence-electron chi connectivity index (χ2n) is 7.57. The van der Waals surface area contributed by atoms with Crippen molar-refractivity contribution in [3.8, 4) is 23.4 Å². The summed E-state index contributed by atoms with van der Waals surface area (Å²) in [6.07, 6.45) is 4.15. The van der Waals surface area contributed by atoms with Crippen LogP contribution >= 0.6 is 0 Å². The number of hydrogen-bond donors (Lipinski definition) is 1. The van der Waals surface area contributed by atoms with Gasteiger partial charge in [-0.2, -0.15) is 9.97 Å².